The Morgan fingerprint density at radius 1 is 0.164 bits per heavy atom. The molecule has 0 fully saturated rings. The molecule has 0 spiro atoms. The van der Waals surface area contributed by atoms with Gasteiger partial charge in [0.2, 0.25) is 0 Å². The smallest absolute Gasteiger partial charge is 0.167 e. The van der Waals surface area contributed by atoms with Crippen molar-refractivity contribution in [3.63, 3.8) is 0 Å². The van der Waals surface area contributed by atoms with Crippen LogP contribution in [0, 0.1) is 0 Å². The van der Waals surface area contributed by atoms with Gasteiger partial charge in [0, 0.05) is 51.1 Å². The molecule has 16 aromatic rings. The number of benzene rings is 12. The van der Waals surface area contributed by atoms with Gasteiger partial charge in [-0.05, 0) is 182 Å². The molecule has 12 aromatic carbocycles. The largest absolute Gasteiger partial charge is 0.507 e. The Balaban J connectivity index is 0.000000135. The minimum absolute atomic E-state index is 0.0203. The zero-order chi connectivity index (χ0) is 80.9. The first-order chi connectivity index (χ1) is 56.7. The first kappa shape index (κ1) is 78.4. The summed E-state index contributed by atoms with van der Waals surface area (Å²) in [7, 11) is 12.8. The highest BCUT2D eigenvalue weighted by atomic mass is 16.5. The minimum atomic E-state index is 0.0203. The molecule has 0 saturated heterocycles. The monoisotopic (exact) mass is 1540 g/mol. The number of rotatable bonds is 20. The lowest BCUT2D eigenvalue weighted by atomic mass is 10.1. The number of phenols is 4. The molecular formula is C92H76N12O12. The fourth-order valence-electron chi connectivity index (χ4n) is 11.7. The van der Waals surface area contributed by atoms with Gasteiger partial charge in [-0.25, -0.2) is 59.8 Å². The molecule has 24 heteroatoms. The lowest BCUT2D eigenvalue weighted by molar-refractivity contribution is 0.407. The Bertz CT molecular complexity index is 5810. The van der Waals surface area contributed by atoms with Gasteiger partial charge in [0.15, 0.2) is 69.9 Å². The van der Waals surface area contributed by atoms with Gasteiger partial charge in [-0.1, -0.05) is 97.1 Å². The van der Waals surface area contributed by atoms with Crippen LogP contribution in [0.4, 0.5) is 0 Å². The Hall–Kier alpha value is -15.7. The van der Waals surface area contributed by atoms with Crippen LogP contribution in [0.15, 0.2) is 291 Å². The summed E-state index contributed by atoms with van der Waals surface area (Å²) in [5.41, 5.74) is 8.61. The minimum Gasteiger partial charge on any atom is -0.507 e. The highest BCUT2D eigenvalue weighted by Crippen LogP contribution is 2.38. The van der Waals surface area contributed by atoms with Gasteiger partial charge in [-0.15, -0.1) is 0 Å². The lowest BCUT2D eigenvalue weighted by Crippen LogP contribution is -2.01. The molecule has 0 aliphatic carbocycles. The fraction of sp³-hybridized carbons (Fsp3) is 0.0870. The van der Waals surface area contributed by atoms with Crippen molar-refractivity contribution < 1.29 is 58.3 Å². The van der Waals surface area contributed by atoms with E-state index in [0.29, 0.717) is 109 Å². The zero-order valence-electron chi connectivity index (χ0n) is 64.1. The van der Waals surface area contributed by atoms with Crippen LogP contribution in [0.2, 0.25) is 0 Å². The van der Waals surface area contributed by atoms with E-state index in [1.165, 1.54) is 12.1 Å². The number of methoxy groups -OCH3 is 8. The van der Waals surface area contributed by atoms with Gasteiger partial charge in [0.05, 0.1) is 84.7 Å². The summed E-state index contributed by atoms with van der Waals surface area (Å²) in [6, 6.07) is 88.3. The number of para-hydroxylation sites is 3. The van der Waals surface area contributed by atoms with E-state index in [9.17, 15) is 20.4 Å². The quantitative estimate of drug-likeness (QED) is 0.0551. The van der Waals surface area contributed by atoms with E-state index in [1.807, 2.05) is 218 Å². The van der Waals surface area contributed by atoms with Crippen molar-refractivity contribution in [2.24, 2.45) is 0 Å². The average molecular weight is 1540 g/mol. The normalized spacial score (nSPS) is 10.6. The third-order valence-corrected chi connectivity index (χ3v) is 17.9. The molecule has 576 valence electrons. The predicted molar refractivity (Wildman–Crippen MR) is 444 cm³/mol. The molecule has 0 bridgehead atoms. The number of ether oxygens (including phenoxy) is 8. The van der Waals surface area contributed by atoms with Crippen LogP contribution in [0.1, 0.15) is 0 Å². The number of phenolic OH excluding ortho intramolecular Hbond substituents is 4. The van der Waals surface area contributed by atoms with Crippen LogP contribution in [0.5, 0.6) is 69.0 Å². The van der Waals surface area contributed by atoms with Crippen molar-refractivity contribution in [3.05, 3.63) is 291 Å². The lowest BCUT2D eigenvalue weighted by Gasteiger charge is -2.11. The maximum absolute atomic E-state index is 10.5. The Morgan fingerprint density at radius 3 is 0.612 bits per heavy atom. The molecule has 0 radical (unpaired) electrons. The van der Waals surface area contributed by atoms with E-state index in [4.69, 9.17) is 37.9 Å². The molecular weight excluding hydrogens is 1470 g/mol. The highest BCUT2D eigenvalue weighted by Gasteiger charge is 2.21. The first-order valence-corrected chi connectivity index (χ1v) is 36.0. The van der Waals surface area contributed by atoms with Crippen molar-refractivity contribution >= 4 is 0 Å². The van der Waals surface area contributed by atoms with E-state index in [-0.39, 0.29) is 23.0 Å². The van der Waals surface area contributed by atoms with Crippen molar-refractivity contribution in [1.29, 1.82) is 0 Å². The maximum Gasteiger partial charge on any atom is 0.167 e. The molecule has 4 heterocycles. The third-order valence-electron chi connectivity index (χ3n) is 17.9. The fourth-order valence-corrected chi connectivity index (χ4v) is 11.7. The van der Waals surface area contributed by atoms with Crippen molar-refractivity contribution in [2.45, 2.75) is 0 Å². The zero-order valence-corrected chi connectivity index (χ0v) is 64.1. The third kappa shape index (κ3) is 19.0. The van der Waals surface area contributed by atoms with Gasteiger partial charge in [0.25, 0.3) is 0 Å². The average Bonchev–Trinajstić information content (AvgIpc) is 0.808. The number of aromatic hydroxyl groups is 4. The summed E-state index contributed by atoms with van der Waals surface area (Å²) >= 11 is 0. The van der Waals surface area contributed by atoms with E-state index < -0.39 is 0 Å². The molecule has 16 rings (SSSR count). The number of aromatic nitrogens is 12. The summed E-state index contributed by atoms with van der Waals surface area (Å²) in [6.07, 6.45) is 0. The molecule has 0 aliphatic rings. The molecule has 0 unspecified atom stereocenters. The second-order valence-electron chi connectivity index (χ2n) is 25.1. The number of hydrogen-bond acceptors (Lipinski definition) is 24. The van der Waals surface area contributed by atoms with Crippen LogP contribution < -0.4 is 37.9 Å². The van der Waals surface area contributed by atoms with Crippen molar-refractivity contribution in [1.82, 2.24) is 59.8 Å². The first-order valence-electron chi connectivity index (χ1n) is 36.0. The molecule has 24 nitrogen and oxygen atoms in total. The molecule has 0 amide bonds. The van der Waals surface area contributed by atoms with E-state index in [1.54, 1.807) is 118 Å². The standard InChI is InChI=1S/C24H21N3O4.2C23H19N3O3.C22H17N3O2/c1-29-17-8-4-15(5-9-17)22-25-23(16-6-10-18(30-2)11-7-16)27-24(26-22)20-13-12-19(31-3)14-21(20)28;1-28-17-11-7-15(8-12-17)21-24-22(16-9-13-18(29-2)14-10-16)26-23(25-21)19-5-3-4-6-20(19)27;1-28-17-10-8-16(9-11-17)22-24-21(15-6-4-3-5-7-15)25-23(26-22)19-13-12-18(29-2)14-20(19)27;1-27-19-14-8-6-12-17(19)22-24-20(15-9-3-2-4-10-15)23-21(25-22)16-11-5-7-13-18(16)26/h4-14,28H,1-3H3;2*3-14,27H,1-2H3;2-14,26H,1H3. The van der Waals surface area contributed by atoms with Crippen LogP contribution in [-0.2, 0) is 0 Å². The second-order valence-corrected chi connectivity index (χ2v) is 25.1. The predicted octanol–water partition coefficient (Wildman–Crippen LogP) is 18.4. The molecule has 4 aromatic heterocycles. The molecule has 0 atom stereocenters. The van der Waals surface area contributed by atoms with Crippen molar-refractivity contribution in [2.75, 3.05) is 56.9 Å². The molecule has 116 heavy (non-hydrogen) atoms. The van der Waals surface area contributed by atoms with Gasteiger partial charge < -0.3 is 58.3 Å². The molecule has 0 aliphatic heterocycles. The molecule has 0 saturated carbocycles. The summed E-state index contributed by atoms with van der Waals surface area (Å²) in [4.78, 5) is 55.5. The number of nitrogens with zero attached hydrogens (tertiary/aromatic N) is 12. The summed E-state index contributed by atoms with van der Waals surface area (Å²) in [5, 5.41) is 41.5. The highest BCUT2D eigenvalue weighted by molar-refractivity contribution is 5.76. The van der Waals surface area contributed by atoms with Gasteiger partial charge in [0.1, 0.15) is 69.0 Å². The van der Waals surface area contributed by atoms with Crippen LogP contribution in [-0.4, -0.2) is 137 Å². The Labute approximate surface area is 668 Å². The topological polar surface area (TPSA) is 309 Å². The Kier molecular flexibility index (Phi) is 25.2. The number of hydrogen-bond donors (Lipinski definition) is 4. The molecule has 4 N–H and O–H groups in total. The summed E-state index contributed by atoms with van der Waals surface area (Å²) < 4.78 is 42.0. The van der Waals surface area contributed by atoms with E-state index in [2.05, 4.69) is 59.8 Å². The SMILES string of the molecule is COc1ccc(-c2nc(-c3ccc(OC)cc3)nc(-c3ccc(OC)cc3O)n2)cc1.COc1ccc(-c2nc(-c3ccc(OC)cc3)nc(-c3ccccc3O)n2)cc1.COc1ccc(-c2nc(-c3ccccc3)nc(-c3ccc(OC)cc3O)n2)cc1.COc1ccccc1-c1nc(-c2ccccc2)nc(-c2ccccc2O)n1. The van der Waals surface area contributed by atoms with Crippen LogP contribution in [0.25, 0.3) is 137 Å². The van der Waals surface area contributed by atoms with Crippen LogP contribution >= 0.6 is 0 Å². The van der Waals surface area contributed by atoms with Crippen molar-refractivity contribution in [3.8, 4) is 206 Å². The second kappa shape index (κ2) is 37.3. The van der Waals surface area contributed by atoms with Gasteiger partial charge in [-0.2, -0.15) is 0 Å². The van der Waals surface area contributed by atoms with Gasteiger partial charge >= 0.3 is 0 Å². The van der Waals surface area contributed by atoms with E-state index in [0.717, 1.165) is 73.3 Å². The van der Waals surface area contributed by atoms with Gasteiger partial charge in [-0.3, -0.25) is 0 Å². The summed E-state index contributed by atoms with van der Waals surface area (Å²) in [5.74, 6) is 11.3. The maximum atomic E-state index is 10.5. The summed E-state index contributed by atoms with van der Waals surface area (Å²) in [6.45, 7) is 0. The van der Waals surface area contributed by atoms with Crippen LogP contribution in [0.3, 0.4) is 0 Å². The Morgan fingerprint density at radius 2 is 0.362 bits per heavy atom. The van der Waals surface area contributed by atoms with E-state index >= 15 is 0 Å².